The third kappa shape index (κ3) is 5.89. The maximum Gasteiger partial charge on any atom is 0.0645 e. The number of aliphatic hydroxyl groups is 3. The first-order valence-electron chi connectivity index (χ1n) is 7.16. The molecule has 0 heterocycles. The first-order valence-corrected chi connectivity index (χ1v) is 7.16. The van der Waals surface area contributed by atoms with Crippen LogP contribution in [0.3, 0.4) is 0 Å². The molecule has 5 heteroatoms. The molecule has 0 bridgehead atoms. The molecular formula is C15H30O5. The van der Waals surface area contributed by atoms with Crippen molar-refractivity contribution in [2.24, 2.45) is 10.8 Å². The zero-order valence-corrected chi connectivity index (χ0v) is 12.8. The van der Waals surface area contributed by atoms with Gasteiger partial charge in [0, 0.05) is 10.8 Å². The fourth-order valence-electron chi connectivity index (χ4n) is 1.76. The first-order chi connectivity index (χ1) is 9.57. The zero-order valence-electron chi connectivity index (χ0n) is 12.8. The third-order valence-electron chi connectivity index (χ3n) is 3.97. The molecule has 0 spiro atoms. The summed E-state index contributed by atoms with van der Waals surface area (Å²) in [6.07, 6.45) is 3.02. The van der Waals surface area contributed by atoms with Gasteiger partial charge in [-0.15, -0.1) is 6.58 Å². The summed E-state index contributed by atoms with van der Waals surface area (Å²) < 4.78 is 11.1. The molecule has 0 aliphatic heterocycles. The molecule has 120 valence electrons. The van der Waals surface area contributed by atoms with Gasteiger partial charge in [0.25, 0.3) is 0 Å². The number of ether oxygens (including phenoxy) is 2. The predicted molar refractivity (Wildman–Crippen MR) is 78.5 cm³/mol. The molecular weight excluding hydrogens is 260 g/mol. The standard InChI is InChI=1S/C15H30O5/c1-4-7-19-12-15(6-3,10-18)13-20-11-14(5-2,8-16)9-17/h4,16-18H,1,5-13H2,2-3H3. The van der Waals surface area contributed by atoms with Crippen LogP contribution in [0.4, 0.5) is 0 Å². The zero-order chi connectivity index (χ0) is 15.5. The Morgan fingerprint density at radius 1 is 0.850 bits per heavy atom. The van der Waals surface area contributed by atoms with Gasteiger partial charge in [-0.1, -0.05) is 19.9 Å². The Balaban J connectivity index is 4.42. The molecule has 0 aromatic heterocycles. The van der Waals surface area contributed by atoms with Crippen molar-refractivity contribution in [2.75, 3.05) is 46.2 Å². The molecule has 0 saturated heterocycles. The minimum absolute atomic E-state index is 0.0297. The van der Waals surface area contributed by atoms with Gasteiger partial charge in [0.05, 0.1) is 46.2 Å². The summed E-state index contributed by atoms with van der Waals surface area (Å²) in [5.41, 5.74) is -1.07. The molecule has 0 aromatic rings. The lowest BCUT2D eigenvalue weighted by Crippen LogP contribution is -2.40. The van der Waals surface area contributed by atoms with Crippen LogP contribution in [-0.4, -0.2) is 61.6 Å². The van der Waals surface area contributed by atoms with E-state index in [2.05, 4.69) is 6.58 Å². The highest BCUT2D eigenvalue weighted by Gasteiger charge is 2.32. The first kappa shape index (κ1) is 19.5. The summed E-state index contributed by atoms with van der Waals surface area (Å²) in [5.74, 6) is 0. The Kier molecular flexibility index (Phi) is 10.1. The van der Waals surface area contributed by atoms with Crippen LogP contribution in [0.5, 0.6) is 0 Å². The fraction of sp³-hybridized carbons (Fsp3) is 0.867. The van der Waals surface area contributed by atoms with E-state index in [1.54, 1.807) is 6.08 Å². The van der Waals surface area contributed by atoms with Crippen LogP contribution in [0.15, 0.2) is 12.7 Å². The van der Waals surface area contributed by atoms with E-state index in [-0.39, 0.29) is 26.4 Å². The highest BCUT2D eigenvalue weighted by molar-refractivity contribution is 4.80. The number of hydrogen-bond donors (Lipinski definition) is 3. The van der Waals surface area contributed by atoms with E-state index < -0.39 is 10.8 Å². The second-order valence-electron chi connectivity index (χ2n) is 5.48. The Morgan fingerprint density at radius 2 is 1.30 bits per heavy atom. The summed E-state index contributed by atoms with van der Waals surface area (Å²) >= 11 is 0. The Bertz CT molecular complexity index is 238. The lowest BCUT2D eigenvalue weighted by molar-refractivity contribution is -0.0858. The largest absolute Gasteiger partial charge is 0.396 e. The van der Waals surface area contributed by atoms with Crippen molar-refractivity contribution in [1.82, 2.24) is 0 Å². The van der Waals surface area contributed by atoms with Gasteiger partial charge in [0.15, 0.2) is 0 Å². The van der Waals surface area contributed by atoms with Crippen molar-refractivity contribution in [1.29, 1.82) is 0 Å². The predicted octanol–water partition coefficient (Wildman–Crippen LogP) is 0.975. The summed E-state index contributed by atoms with van der Waals surface area (Å²) in [6.45, 7) is 8.62. The van der Waals surface area contributed by atoms with Crippen LogP contribution in [0.2, 0.25) is 0 Å². The molecule has 0 rings (SSSR count). The van der Waals surface area contributed by atoms with Crippen molar-refractivity contribution < 1.29 is 24.8 Å². The monoisotopic (exact) mass is 290 g/mol. The van der Waals surface area contributed by atoms with Crippen molar-refractivity contribution in [3.05, 3.63) is 12.7 Å². The molecule has 0 radical (unpaired) electrons. The third-order valence-corrected chi connectivity index (χ3v) is 3.97. The maximum absolute atomic E-state index is 9.59. The van der Waals surface area contributed by atoms with Crippen molar-refractivity contribution >= 4 is 0 Å². The quantitative estimate of drug-likeness (QED) is 0.348. The van der Waals surface area contributed by atoms with Crippen molar-refractivity contribution in [2.45, 2.75) is 26.7 Å². The van der Waals surface area contributed by atoms with E-state index in [1.807, 2.05) is 13.8 Å². The van der Waals surface area contributed by atoms with Gasteiger partial charge in [0.1, 0.15) is 0 Å². The van der Waals surface area contributed by atoms with E-state index in [0.29, 0.717) is 26.2 Å². The van der Waals surface area contributed by atoms with Gasteiger partial charge in [-0.05, 0) is 12.8 Å². The summed E-state index contributed by atoms with van der Waals surface area (Å²) in [6, 6.07) is 0. The van der Waals surface area contributed by atoms with Crippen molar-refractivity contribution in [3.8, 4) is 0 Å². The summed E-state index contributed by atoms with van der Waals surface area (Å²) in [7, 11) is 0. The maximum atomic E-state index is 9.59. The van der Waals surface area contributed by atoms with Gasteiger partial charge in [-0.25, -0.2) is 0 Å². The van der Waals surface area contributed by atoms with E-state index >= 15 is 0 Å². The van der Waals surface area contributed by atoms with Crippen LogP contribution < -0.4 is 0 Å². The van der Waals surface area contributed by atoms with Crippen LogP contribution >= 0.6 is 0 Å². The Morgan fingerprint density at radius 3 is 1.70 bits per heavy atom. The van der Waals surface area contributed by atoms with Gasteiger partial charge in [-0.3, -0.25) is 0 Å². The number of aliphatic hydroxyl groups excluding tert-OH is 3. The molecule has 3 N–H and O–H groups in total. The van der Waals surface area contributed by atoms with Crippen LogP contribution in [-0.2, 0) is 9.47 Å². The second-order valence-corrected chi connectivity index (χ2v) is 5.48. The normalized spacial score (nSPS) is 15.1. The van der Waals surface area contributed by atoms with E-state index in [9.17, 15) is 15.3 Å². The highest BCUT2D eigenvalue weighted by Crippen LogP contribution is 2.26. The van der Waals surface area contributed by atoms with Gasteiger partial charge in [-0.2, -0.15) is 0 Å². The van der Waals surface area contributed by atoms with E-state index in [1.165, 1.54) is 0 Å². The van der Waals surface area contributed by atoms with Crippen molar-refractivity contribution in [3.63, 3.8) is 0 Å². The Hall–Kier alpha value is -0.460. The lowest BCUT2D eigenvalue weighted by atomic mass is 9.86. The SMILES string of the molecule is C=CCOCC(CC)(CO)COCC(CC)(CO)CO. The molecule has 5 nitrogen and oxygen atoms in total. The fourth-order valence-corrected chi connectivity index (χ4v) is 1.76. The lowest BCUT2D eigenvalue weighted by Gasteiger charge is -2.33. The van der Waals surface area contributed by atoms with E-state index in [4.69, 9.17) is 9.47 Å². The molecule has 1 atom stereocenters. The average Bonchev–Trinajstić information content (AvgIpc) is 2.51. The minimum atomic E-state index is -0.614. The molecule has 0 aromatic carbocycles. The van der Waals surface area contributed by atoms with Gasteiger partial charge in [0.2, 0.25) is 0 Å². The van der Waals surface area contributed by atoms with E-state index in [0.717, 1.165) is 6.42 Å². The molecule has 0 saturated carbocycles. The Labute approximate surface area is 122 Å². The van der Waals surface area contributed by atoms with Gasteiger partial charge < -0.3 is 24.8 Å². The van der Waals surface area contributed by atoms with Crippen LogP contribution in [0.25, 0.3) is 0 Å². The molecule has 1 unspecified atom stereocenters. The second kappa shape index (κ2) is 10.3. The molecule has 0 amide bonds. The average molecular weight is 290 g/mol. The van der Waals surface area contributed by atoms with Crippen LogP contribution in [0.1, 0.15) is 26.7 Å². The molecule has 20 heavy (non-hydrogen) atoms. The molecule has 0 aliphatic rings. The van der Waals surface area contributed by atoms with Crippen LogP contribution in [0, 0.1) is 10.8 Å². The highest BCUT2D eigenvalue weighted by atomic mass is 16.5. The molecule has 0 fully saturated rings. The summed E-state index contributed by atoms with van der Waals surface area (Å²) in [5, 5.41) is 28.3. The number of rotatable bonds is 13. The van der Waals surface area contributed by atoms with Gasteiger partial charge >= 0.3 is 0 Å². The number of hydrogen-bond acceptors (Lipinski definition) is 5. The molecule has 0 aliphatic carbocycles. The topological polar surface area (TPSA) is 79.2 Å². The summed E-state index contributed by atoms with van der Waals surface area (Å²) in [4.78, 5) is 0. The smallest absolute Gasteiger partial charge is 0.0645 e. The minimum Gasteiger partial charge on any atom is -0.396 e.